The monoisotopic (exact) mass is 418 g/mol. The molecule has 0 bridgehead atoms. The number of carbonyl (C=O) groups is 1. The second-order valence-corrected chi connectivity index (χ2v) is 8.98. The standard InChI is InChI=1S/C24H22N2O3S/c1-17-6-8-18(9-7-17)12-13-30(28,29)25-16-24(27)26-21-10-11-23-20(15-21)14-19-4-2-3-5-22(19)23/h2-13,15,25H,14,16H2,1H3,(H,26,27)/b13-12+. The molecule has 1 aliphatic carbocycles. The van der Waals surface area contributed by atoms with Gasteiger partial charge in [0.05, 0.1) is 6.54 Å². The highest BCUT2D eigenvalue weighted by Gasteiger charge is 2.18. The van der Waals surface area contributed by atoms with Gasteiger partial charge in [-0.1, -0.05) is 60.2 Å². The number of amides is 1. The van der Waals surface area contributed by atoms with Gasteiger partial charge in [0.15, 0.2) is 0 Å². The summed E-state index contributed by atoms with van der Waals surface area (Å²) in [6.07, 6.45) is 2.32. The van der Waals surface area contributed by atoms with Crippen LogP contribution in [0.1, 0.15) is 22.3 Å². The van der Waals surface area contributed by atoms with E-state index in [9.17, 15) is 13.2 Å². The van der Waals surface area contributed by atoms with E-state index in [2.05, 4.69) is 22.2 Å². The Balaban J connectivity index is 1.35. The van der Waals surface area contributed by atoms with Crippen molar-refractivity contribution < 1.29 is 13.2 Å². The average molecular weight is 419 g/mol. The van der Waals surface area contributed by atoms with Crippen molar-refractivity contribution in [2.24, 2.45) is 0 Å². The van der Waals surface area contributed by atoms with Crippen molar-refractivity contribution >= 4 is 27.7 Å². The molecular formula is C24H22N2O3S. The predicted octanol–water partition coefficient (Wildman–Crippen LogP) is 4.10. The molecule has 0 atom stereocenters. The van der Waals surface area contributed by atoms with Crippen LogP contribution in [0.3, 0.4) is 0 Å². The number of hydrogen-bond donors (Lipinski definition) is 2. The molecule has 4 rings (SSSR count). The minimum absolute atomic E-state index is 0.335. The number of carbonyl (C=O) groups excluding carboxylic acids is 1. The van der Waals surface area contributed by atoms with Crippen molar-refractivity contribution in [2.45, 2.75) is 13.3 Å². The molecule has 1 amide bonds. The molecule has 0 radical (unpaired) electrons. The molecule has 0 spiro atoms. The van der Waals surface area contributed by atoms with Gasteiger partial charge >= 0.3 is 0 Å². The molecule has 0 heterocycles. The topological polar surface area (TPSA) is 75.3 Å². The molecule has 3 aromatic carbocycles. The second kappa shape index (κ2) is 8.26. The molecule has 0 saturated carbocycles. The molecule has 0 aliphatic heterocycles. The maximum Gasteiger partial charge on any atom is 0.239 e. The maximum atomic E-state index is 12.2. The Morgan fingerprint density at radius 2 is 1.70 bits per heavy atom. The summed E-state index contributed by atoms with van der Waals surface area (Å²) in [4.78, 5) is 12.2. The number of benzene rings is 3. The van der Waals surface area contributed by atoms with E-state index in [1.807, 2.05) is 61.5 Å². The molecule has 2 N–H and O–H groups in total. The van der Waals surface area contributed by atoms with Crippen molar-refractivity contribution in [3.63, 3.8) is 0 Å². The minimum atomic E-state index is -3.71. The van der Waals surface area contributed by atoms with E-state index in [1.165, 1.54) is 22.8 Å². The summed E-state index contributed by atoms with van der Waals surface area (Å²) in [5.74, 6) is -0.419. The summed E-state index contributed by atoms with van der Waals surface area (Å²) in [5, 5.41) is 3.83. The molecule has 6 heteroatoms. The molecule has 0 aromatic heterocycles. The molecule has 0 unspecified atom stereocenters. The van der Waals surface area contributed by atoms with Crippen molar-refractivity contribution in [1.82, 2.24) is 4.72 Å². The molecule has 1 aliphatic rings. The van der Waals surface area contributed by atoms with Crippen LogP contribution in [-0.4, -0.2) is 20.9 Å². The number of fused-ring (bicyclic) bond motifs is 3. The van der Waals surface area contributed by atoms with Crippen LogP contribution in [-0.2, 0) is 21.2 Å². The van der Waals surface area contributed by atoms with Crippen LogP contribution >= 0.6 is 0 Å². The molecule has 152 valence electrons. The van der Waals surface area contributed by atoms with E-state index in [4.69, 9.17) is 0 Å². The number of aryl methyl sites for hydroxylation is 1. The van der Waals surface area contributed by atoms with E-state index in [1.54, 1.807) is 0 Å². The highest BCUT2D eigenvalue weighted by atomic mass is 32.2. The fourth-order valence-corrected chi connectivity index (χ4v) is 4.25. The first-order valence-corrected chi connectivity index (χ1v) is 11.2. The Morgan fingerprint density at radius 1 is 0.967 bits per heavy atom. The van der Waals surface area contributed by atoms with Crippen LogP contribution in [0.2, 0.25) is 0 Å². The zero-order valence-corrected chi connectivity index (χ0v) is 17.4. The molecule has 5 nitrogen and oxygen atoms in total. The largest absolute Gasteiger partial charge is 0.325 e. The molecule has 3 aromatic rings. The van der Waals surface area contributed by atoms with Gasteiger partial charge in [0.2, 0.25) is 15.9 Å². The van der Waals surface area contributed by atoms with E-state index >= 15 is 0 Å². The Labute approximate surface area is 176 Å². The summed E-state index contributed by atoms with van der Waals surface area (Å²) in [5.41, 5.74) is 7.33. The van der Waals surface area contributed by atoms with Gasteiger partial charge in [-0.25, -0.2) is 13.1 Å². The number of rotatable bonds is 6. The van der Waals surface area contributed by atoms with Crippen LogP contribution in [0.15, 0.2) is 72.1 Å². The Kier molecular flexibility index (Phi) is 5.53. The van der Waals surface area contributed by atoms with Crippen LogP contribution in [0.5, 0.6) is 0 Å². The third-order valence-corrected chi connectivity index (χ3v) is 6.07. The number of sulfonamides is 1. The SMILES string of the molecule is Cc1ccc(/C=C/S(=O)(=O)NCC(=O)Nc2ccc3c(c2)Cc2ccccc2-3)cc1. The van der Waals surface area contributed by atoms with Crippen LogP contribution in [0, 0.1) is 6.92 Å². The highest BCUT2D eigenvalue weighted by molar-refractivity contribution is 7.92. The predicted molar refractivity (Wildman–Crippen MR) is 120 cm³/mol. The van der Waals surface area contributed by atoms with Crippen LogP contribution in [0.4, 0.5) is 5.69 Å². The third-order valence-electron chi connectivity index (χ3n) is 5.03. The van der Waals surface area contributed by atoms with Gasteiger partial charge in [-0.3, -0.25) is 4.79 Å². The molecular weight excluding hydrogens is 396 g/mol. The molecule has 30 heavy (non-hydrogen) atoms. The summed E-state index contributed by atoms with van der Waals surface area (Å²) in [6.45, 7) is 1.63. The molecule has 0 saturated heterocycles. The zero-order valence-electron chi connectivity index (χ0n) is 16.6. The number of anilines is 1. The fraction of sp³-hybridized carbons (Fsp3) is 0.125. The van der Waals surface area contributed by atoms with Gasteiger partial charge in [0, 0.05) is 11.1 Å². The van der Waals surface area contributed by atoms with Gasteiger partial charge in [-0.05, 0) is 59.4 Å². The Morgan fingerprint density at radius 3 is 2.50 bits per heavy atom. The summed E-state index contributed by atoms with van der Waals surface area (Å²) < 4.78 is 26.6. The lowest BCUT2D eigenvalue weighted by atomic mass is 10.1. The van der Waals surface area contributed by atoms with Gasteiger partial charge in [0.25, 0.3) is 0 Å². The van der Waals surface area contributed by atoms with Crippen LogP contribution in [0.25, 0.3) is 17.2 Å². The minimum Gasteiger partial charge on any atom is -0.325 e. The lowest BCUT2D eigenvalue weighted by Crippen LogP contribution is -2.31. The van der Waals surface area contributed by atoms with Crippen molar-refractivity contribution in [1.29, 1.82) is 0 Å². The summed E-state index contributed by atoms with van der Waals surface area (Å²) >= 11 is 0. The van der Waals surface area contributed by atoms with Crippen LogP contribution < -0.4 is 10.0 Å². The fourth-order valence-electron chi connectivity index (χ4n) is 3.49. The van der Waals surface area contributed by atoms with E-state index in [-0.39, 0.29) is 6.54 Å². The first kappa shape index (κ1) is 20.1. The van der Waals surface area contributed by atoms with Crippen molar-refractivity contribution in [3.05, 3.63) is 94.4 Å². The van der Waals surface area contributed by atoms with Gasteiger partial charge < -0.3 is 5.32 Å². The first-order valence-electron chi connectivity index (χ1n) is 9.65. The third kappa shape index (κ3) is 4.67. The van der Waals surface area contributed by atoms with E-state index in [0.29, 0.717) is 5.69 Å². The lowest BCUT2D eigenvalue weighted by Gasteiger charge is -2.08. The Hall–Kier alpha value is -3.22. The number of nitrogens with one attached hydrogen (secondary N) is 2. The van der Waals surface area contributed by atoms with Crippen molar-refractivity contribution in [2.75, 3.05) is 11.9 Å². The zero-order chi connectivity index (χ0) is 21.1. The first-order chi connectivity index (χ1) is 14.4. The van der Waals surface area contributed by atoms with E-state index in [0.717, 1.165) is 28.5 Å². The van der Waals surface area contributed by atoms with Gasteiger partial charge in [0.1, 0.15) is 0 Å². The van der Waals surface area contributed by atoms with Crippen molar-refractivity contribution in [3.8, 4) is 11.1 Å². The molecule has 0 fully saturated rings. The van der Waals surface area contributed by atoms with E-state index < -0.39 is 15.9 Å². The Bertz CT molecular complexity index is 1230. The average Bonchev–Trinajstić information content (AvgIpc) is 3.10. The smallest absolute Gasteiger partial charge is 0.239 e. The lowest BCUT2D eigenvalue weighted by molar-refractivity contribution is -0.115. The maximum absolute atomic E-state index is 12.2. The number of hydrogen-bond acceptors (Lipinski definition) is 3. The normalized spacial score (nSPS) is 12.6. The summed E-state index contributed by atoms with van der Waals surface area (Å²) in [6, 6.07) is 21.5. The van der Waals surface area contributed by atoms with Gasteiger partial charge in [-0.15, -0.1) is 0 Å². The van der Waals surface area contributed by atoms with Gasteiger partial charge in [-0.2, -0.15) is 0 Å². The quantitative estimate of drug-likeness (QED) is 0.495. The second-order valence-electron chi connectivity index (χ2n) is 7.33. The highest BCUT2D eigenvalue weighted by Crippen LogP contribution is 2.37. The summed E-state index contributed by atoms with van der Waals surface area (Å²) in [7, 11) is -3.71.